The highest BCUT2D eigenvalue weighted by atomic mass is 16.8. The predicted octanol–water partition coefficient (Wildman–Crippen LogP) is 6.60. The standard InChI is InChI=1S/C37H45N9O8/c1-7-50-35-38-31-16-10-15-30(34(47)53-25(3)54-36(48)51-21-11-12-24(2)23-52-44-46(49)41-37(4,5)6)32(31)45(35)22-26-17-19-27(20-18-26)28-13-8-9-14-29(28)33-39-42-43-40-33/h8-10,13-20,24-25H,7,11-12,21-23H2,1-6H3,(H,41,44)(H,39,40,42,43). The van der Waals surface area contributed by atoms with Gasteiger partial charge >= 0.3 is 12.1 Å². The molecule has 0 aliphatic heterocycles. The number of aromatic amines is 1. The Bertz CT molecular complexity index is 2030. The second-order valence-corrected chi connectivity index (χ2v) is 13.4. The molecule has 17 nitrogen and oxygen atoms in total. The van der Waals surface area contributed by atoms with Gasteiger partial charge in [-0.25, -0.2) is 14.4 Å². The number of tetrazole rings is 1. The average molecular weight is 744 g/mol. The van der Waals surface area contributed by atoms with Gasteiger partial charge in [-0.2, -0.15) is 10.2 Å². The zero-order valence-electron chi connectivity index (χ0n) is 31.1. The Morgan fingerprint density at radius 3 is 2.48 bits per heavy atom. The highest BCUT2D eigenvalue weighted by Gasteiger charge is 2.23. The van der Waals surface area contributed by atoms with E-state index >= 15 is 0 Å². The number of hydrazine groups is 1. The average Bonchev–Trinajstić information content (AvgIpc) is 3.78. The van der Waals surface area contributed by atoms with Crippen LogP contribution in [0.15, 0.2) is 71.8 Å². The number of para-hydroxylation sites is 1. The van der Waals surface area contributed by atoms with Crippen molar-refractivity contribution in [2.24, 2.45) is 11.0 Å². The number of carbonyl (C=O) groups is 2. The van der Waals surface area contributed by atoms with Gasteiger partial charge in [-0.1, -0.05) is 61.5 Å². The Balaban J connectivity index is 1.18. The highest BCUT2D eigenvalue weighted by molar-refractivity contribution is 6.02. The van der Waals surface area contributed by atoms with Gasteiger partial charge in [0.15, 0.2) is 0 Å². The monoisotopic (exact) mass is 743 g/mol. The first-order valence-corrected chi connectivity index (χ1v) is 17.6. The summed E-state index contributed by atoms with van der Waals surface area (Å²) >= 11 is 0. The summed E-state index contributed by atoms with van der Waals surface area (Å²) in [5, 5.41) is 30.0. The predicted molar refractivity (Wildman–Crippen MR) is 196 cm³/mol. The fourth-order valence-corrected chi connectivity index (χ4v) is 5.50. The Hall–Kier alpha value is -6.10. The van der Waals surface area contributed by atoms with Crippen LogP contribution in [0.5, 0.6) is 6.01 Å². The Labute approximate surface area is 312 Å². The van der Waals surface area contributed by atoms with Gasteiger partial charge in [0, 0.05) is 17.6 Å². The molecule has 0 aliphatic carbocycles. The van der Waals surface area contributed by atoms with Crippen LogP contribution < -0.4 is 10.3 Å². The second-order valence-electron chi connectivity index (χ2n) is 13.4. The molecule has 286 valence electrons. The summed E-state index contributed by atoms with van der Waals surface area (Å²) in [4.78, 5) is 36.0. The first-order valence-electron chi connectivity index (χ1n) is 17.6. The lowest BCUT2D eigenvalue weighted by atomic mass is 9.98. The van der Waals surface area contributed by atoms with Crippen LogP contribution >= 0.6 is 0 Å². The number of aromatic nitrogens is 6. The number of nitrogens with zero attached hydrogens (tertiary/aromatic N) is 7. The highest BCUT2D eigenvalue weighted by Crippen LogP contribution is 2.31. The lowest BCUT2D eigenvalue weighted by Gasteiger charge is -2.16. The molecular weight excluding hydrogens is 698 g/mol. The van der Waals surface area contributed by atoms with E-state index in [4.69, 9.17) is 23.8 Å². The number of ether oxygens (including phenoxy) is 4. The number of hydrogen-bond acceptors (Lipinski definition) is 13. The van der Waals surface area contributed by atoms with Gasteiger partial charge in [0.05, 0.1) is 47.9 Å². The van der Waals surface area contributed by atoms with Crippen LogP contribution in [0, 0.1) is 11.1 Å². The fourth-order valence-electron chi connectivity index (χ4n) is 5.50. The van der Waals surface area contributed by atoms with E-state index in [1.807, 2.05) is 66.9 Å². The van der Waals surface area contributed by atoms with Gasteiger partial charge < -0.3 is 24.2 Å². The van der Waals surface area contributed by atoms with E-state index in [1.54, 1.807) is 39.0 Å². The molecule has 0 bridgehead atoms. The van der Waals surface area contributed by atoms with Crippen molar-refractivity contribution in [3.8, 4) is 28.5 Å². The molecule has 5 aromatic rings. The number of imidazole rings is 1. The van der Waals surface area contributed by atoms with Crippen LogP contribution in [-0.2, 0) is 25.6 Å². The summed E-state index contributed by atoms with van der Waals surface area (Å²) in [6.07, 6.45) is -1.05. The molecule has 2 heterocycles. The third-order valence-corrected chi connectivity index (χ3v) is 7.84. The molecule has 2 N–H and O–H groups in total. The minimum atomic E-state index is -1.24. The maximum absolute atomic E-state index is 13.5. The third-order valence-electron chi connectivity index (χ3n) is 7.84. The summed E-state index contributed by atoms with van der Waals surface area (Å²) in [5.74, 6) is -0.157. The van der Waals surface area contributed by atoms with Gasteiger partial charge in [0.2, 0.25) is 12.1 Å². The maximum atomic E-state index is 13.5. The van der Waals surface area contributed by atoms with Gasteiger partial charge in [-0.15, -0.1) is 10.2 Å². The minimum Gasteiger partial charge on any atom is -0.570 e. The van der Waals surface area contributed by atoms with Crippen LogP contribution in [0.2, 0.25) is 0 Å². The van der Waals surface area contributed by atoms with E-state index in [0.717, 1.165) is 22.3 Å². The van der Waals surface area contributed by atoms with Crippen molar-refractivity contribution in [2.45, 2.75) is 72.8 Å². The molecule has 54 heavy (non-hydrogen) atoms. The van der Waals surface area contributed by atoms with Gasteiger partial charge in [-0.3, -0.25) is 4.57 Å². The lowest BCUT2D eigenvalue weighted by molar-refractivity contribution is -0.649. The van der Waals surface area contributed by atoms with Crippen molar-refractivity contribution in [3.05, 3.63) is 83.1 Å². The smallest absolute Gasteiger partial charge is 0.511 e. The summed E-state index contributed by atoms with van der Waals surface area (Å²) in [6, 6.07) is 21.2. The van der Waals surface area contributed by atoms with Crippen LogP contribution in [-0.4, -0.2) is 78.9 Å². The molecule has 0 fully saturated rings. The Kier molecular flexibility index (Phi) is 13.1. The van der Waals surface area contributed by atoms with E-state index in [0.29, 0.717) is 48.9 Å². The van der Waals surface area contributed by atoms with Gasteiger partial charge in [0.25, 0.3) is 6.01 Å². The fraction of sp³-hybridized carbons (Fsp3) is 0.405. The van der Waals surface area contributed by atoms with E-state index in [2.05, 4.69) is 36.3 Å². The quantitative estimate of drug-likeness (QED) is 0.0258. The lowest BCUT2D eigenvalue weighted by Crippen LogP contribution is -2.28. The molecule has 17 heteroatoms. The van der Waals surface area contributed by atoms with Crippen LogP contribution in [0.25, 0.3) is 33.5 Å². The number of carbonyl (C=O) groups excluding carboxylic acids is 2. The zero-order chi connectivity index (χ0) is 38.7. The molecule has 5 rings (SSSR count). The van der Waals surface area contributed by atoms with Gasteiger partial charge in [-0.05, 0) is 86.1 Å². The summed E-state index contributed by atoms with van der Waals surface area (Å²) in [5.41, 5.74) is 6.62. The molecule has 0 radical (unpaired) electrons. The van der Waals surface area contributed by atoms with E-state index < -0.39 is 24.0 Å². The molecule has 2 aromatic heterocycles. The van der Waals surface area contributed by atoms with Crippen molar-refractivity contribution in [1.82, 2.24) is 35.8 Å². The maximum Gasteiger partial charge on any atom is 0.511 e. The normalized spacial score (nSPS) is 13.0. The molecule has 0 amide bonds. The number of esters is 1. The first-order chi connectivity index (χ1) is 25.9. The zero-order valence-corrected chi connectivity index (χ0v) is 31.1. The second kappa shape index (κ2) is 18.1. The minimum absolute atomic E-state index is 0.0601. The number of rotatable bonds is 17. The molecule has 0 spiro atoms. The first kappa shape index (κ1) is 39.1. The number of H-pyrrole nitrogens is 1. The van der Waals surface area contributed by atoms with Crippen molar-refractivity contribution >= 4 is 23.2 Å². The third kappa shape index (κ3) is 10.7. The van der Waals surface area contributed by atoms with Crippen LogP contribution in [0.3, 0.4) is 0 Å². The number of nitrogens with one attached hydrogen (secondary N) is 2. The molecule has 0 saturated carbocycles. The van der Waals surface area contributed by atoms with E-state index in [-0.39, 0.29) is 29.7 Å². The van der Waals surface area contributed by atoms with Gasteiger partial charge in [0.1, 0.15) is 5.54 Å². The molecular formula is C37H45N9O8. The molecule has 2 unspecified atom stereocenters. The largest absolute Gasteiger partial charge is 0.570 e. The number of fused-ring (bicyclic) bond motifs is 1. The molecule has 2 atom stereocenters. The molecule has 0 saturated heterocycles. The Morgan fingerprint density at radius 1 is 1.02 bits per heavy atom. The summed E-state index contributed by atoms with van der Waals surface area (Å²) < 4.78 is 23.6. The van der Waals surface area contributed by atoms with Crippen molar-refractivity contribution in [2.75, 3.05) is 19.8 Å². The Morgan fingerprint density at radius 2 is 1.78 bits per heavy atom. The van der Waals surface area contributed by atoms with Crippen LogP contribution in [0.4, 0.5) is 4.79 Å². The van der Waals surface area contributed by atoms with Crippen molar-refractivity contribution in [1.29, 1.82) is 0 Å². The van der Waals surface area contributed by atoms with Crippen LogP contribution in [0.1, 0.15) is 70.3 Å². The summed E-state index contributed by atoms with van der Waals surface area (Å²) in [6.45, 7) is 11.6. The number of benzene rings is 3. The topological polar surface area (TPSA) is 203 Å². The van der Waals surface area contributed by atoms with E-state index in [9.17, 15) is 14.8 Å². The number of hydrogen-bond donors (Lipinski definition) is 2. The van der Waals surface area contributed by atoms with Crippen molar-refractivity contribution < 1.29 is 38.3 Å². The molecule has 3 aromatic carbocycles. The SMILES string of the molecule is CCOc1nc2cccc(C(=O)OC(C)OC(=O)OCCCC(C)CON[N+]([O-])=NC(C)(C)C)c2n1Cc1ccc(-c2ccccc2-c2nn[nH]n2)cc1. The van der Waals surface area contributed by atoms with E-state index in [1.165, 1.54) is 6.92 Å². The molecule has 0 aliphatic rings. The summed E-state index contributed by atoms with van der Waals surface area (Å²) in [7, 11) is 0. The van der Waals surface area contributed by atoms with Crippen molar-refractivity contribution in [3.63, 3.8) is 0 Å².